The van der Waals surface area contributed by atoms with Gasteiger partial charge in [0, 0.05) is 13.1 Å². The number of carbonyl (C=O) groups excluding carboxylic acids is 1. The Labute approximate surface area is 142 Å². The number of benzene rings is 1. The molecule has 3 rings (SSSR count). The van der Waals surface area contributed by atoms with Crippen molar-refractivity contribution in [3.63, 3.8) is 0 Å². The Kier molecular flexibility index (Phi) is 4.20. The molecule has 1 aromatic carbocycles. The molecule has 1 aromatic heterocycles. The van der Waals surface area contributed by atoms with Crippen LogP contribution >= 0.6 is 0 Å². The predicted molar refractivity (Wildman–Crippen MR) is 91.7 cm³/mol. The third-order valence-corrected chi connectivity index (χ3v) is 5.36. The topological polar surface area (TPSA) is 38.1 Å². The zero-order chi connectivity index (χ0) is 17.5. The summed E-state index contributed by atoms with van der Waals surface area (Å²) in [7, 11) is 0. The van der Waals surface area contributed by atoms with Gasteiger partial charge in [-0.15, -0.1) is 0 Å². The van der Waals surface area contributed by atoms with Crippen LogP contribution in [0.5, 0.6) is 0 Å². The van der Waals surface area contributed by atoms with Crippen LogP contribution in [-0.2, 0) is 0 Å². The van der Waals surface area contributed by atoms with Crippen LogP contribution in [0, 0.1) is 24.1 Å². The van der Waals surface area contributed by atoms with Gasteiger partial charge in [0.1, 0.15) is 5.82 Å². The Bertz CT molecular complexity index is 748. The van der Waals surface area contributed by atoms with E-state index in [2.05, 4.69) is 25.9 Å². The van der Waals surface area contributed by atoms with E-state index in [1.165, 1.54) is 12.1 Å². The van der Waals surface area contributed by atoms with Gasteiger partial charge in [-0.05, 0) is 48.9 Å². The predicted octanol–water partition coefficient (Wildman–Crippen LogP) is 3.83. The molecule has 4 nitrogen and oxygen atoms in total. The Morgan fingerprint density at radius 1 is 1.29 bits per heavy atom. The number of nitrogens with zero attached hydrogens (tertiary/aromatic N) is 3. The molecule has 2 heterocycles. The first kappa shape index (κ1) is 16.7. The van der Waals surface area contributed by atoms with Gasteiger partial charge in [-0.2, -0.15) is 5.10 Å². The van der Waals surface area contributed by atoms with E-state index >= 15 is 0 Å². The molecule has 1 aliphatic heterocycles. The van der Waals surface area contributed by atoms with Crippen molar-refractivity contribution in [3.8, 4) is 5.69 Å². The largest absolute Gasteiger partial charge is 0.338 e. The minimum atomic E-state index is -0.287. The van der Waals surface area contributed by atoms with Crippen molar-refractivity contribution in [1.82, 2.24) is 14.7 Å². The van der Waals surface area contributed by atoms with Gasteiger partial charge in [-0.1, -0.05) is 20.8 Å². The molecule has 1 atom stereocenters. The van der Waals surface area contributed by atoms with Gasteiger partial charge < -0.3 is 4.90 Å². The van der Waals surface area contributed by atoms with E-state index in [-0.39, 0.29) is 17.1 Å². The lowest BCUT2D eigenvalue weighted by Gasteiger charge is -2.42. The number of piperidine rings is 1. The van der Waals surface area contributed by atoms with Crippen LogP contribution in [0.25, 0.3) is 5.69 Å². The smallest absolute Gasteiger partial charge is 0.257 e. The maximum Gasteiger partial charge on any atom is 0.257 e. The first-order valence-electron chi connectivity index (χ1n) is 8.39. The number of carbonyl (C=O) groups is 1. The Morgan fingerprint density at radius 3 is 2.58 bits per heavy atom. The average molecular weight is 329 g/mol. The minimum Gasteiger partial charge on any atom is -0.338 e. The Hall–Kier alpha value is -2.17. The summed E-state index contributed by atoms with van der Waals surface area (Å²) in [4.78, 5) is 14.9. The van der Waals surface area contributed by atoms with Gasteiger partial charge in [0.05, 0.1) is 23.1 Å². The van der Waals surface area contributed by atoms with E-state index in [1.807, 2.05) is 11.8 Å². The van der Waals surface area contributed by atoms with Crippen LogP contribution in [0.15, 0.2) is 30.5 Å². The highest BCUT2D eigenvalue weighted by Crippen LogP contribution is 2.35. The number of hydrogen-bond donors (Lipinski definition) is 0. The first-order valence-corrected chi connectivity index (χ1v) is 8.39. The van der Waals surface area contributed by atoms with Crippen molar-refractivity contribution in [3.05, 3.63) is 47.5 Å². The fourth-order valence-corrected chi connectivity index (χ4v) is 3.27. The second-order valence-electron chi connectivity index (χ2n) is 7.44. The highest BCUT2D eigenvalue weighted by Gasteiger charge is 2.35. The van der Waals surface area contributed by atoms with E-state index in [4.69, 9.17) is 0 Å². The van der Waals surface area contributed by atoms with Crippen LogP contribution in [-0.4, -0.2) is 33.7 Å². The van der Waals surface area contributed by atoms with E-state index in [9.17, 15) is 9.18 Å². The summed E-state index contributed by atoms with van der Waals surface area (Å²) in [5, 5.41) is 4.33. The molecular formula is C19H24FN3O. The molecule has 1 fully saturated rings. The maximum atomic E-state index is 13.1. The quantitative estimate of drug-likeness (QED) is 0.840. The Balaban J connectivity index is 1.85. The van der Waals surface area contributed by atoms with Crippen molar-refractivity contribution in [2.24, 2.45) is 11.3 Å². The van der Waals surface area contributed by atoms with Crippen molar-refractivity contribution in [2.75, 3.05) is 13.1 Å². The lowest BCUT2D eigenvalue weighted by atomic mass is 9.75. The normalized spacial score (nSPS) is 20.2. The van der Waals surface area contributed by atoms with Crippen molar-refractivity contribution >= 4 is 5.91 Å². The number of aromatic nitrogens is 2. The fraction of sp³-hybridized carbons (Fsp3) is 0.474. The van der Waals surface area contributed by atoms with Crippen molar-refractivity contribution in [1.29, 1.82) is 0 Å². The van der Waals surface area contributed by atoms with Crippen LogP contribution in [0.1, 0.15) is 43.2 Å². The molecule has 5 heteroatoms. The van der Waals surface area contributed by atoms with Crippen LogP contribution in [0.4, 0.5) is 4.39 Å². The third kappa shape index (κ3) is 2.95. The molecule has 0 bridgehead atoms. The molecule has 128 valence electrons. The zero-order valence-corrected chi connectivity index (χ0v) is 14.7. The summed E-state index contributed by atoms with van der Waals surface area (Å²) in [5.74, 6) is 0.343. The van der Waals surface area contributed by atoms with Crippen LogP contribution < -0.4 is 0 Å². The lowest BCUT2D eigenvalue weighted by Crippen LogP contribution is -2.47. The van der Waals surface area contributed by atoms with Crippen molar-refractivity contribution < 1.29 is 9.18 Å². The SMILES string of the molecule is Cc1c(C(=O)N2CCC(C)C(C)(C)C2)cnn1-c1ccc(F)cc1. The summed E-state index contributed by atoms with van der Waals surface area (Å²) >= 11 is 0. The van der Waals surface area contributed by atoms with Crippen LogP contribution in [0.3, 0.4) is 0 Å². The molecule has 1 aliphatic rings. The van der Waals surface area contributed by atoms with E-state index < -0.39 is 0 Å². The number of hydrogen-bond acceptors (Lipinski definition) is 2. The van der Waals surface area contributed by atoms with Gasteiger partial charge in [-0.3, -0.25) is 4.79 Å². The van der Waals surface area contributed by atoms with Crippen molar-refractivity contribution in [2.45, 2.75) is 34.1 Å². The highest BCUT2D eigenvalue weighted by atomic mass is 19.1. The summed E-state index contributed by atoms with van der Waals surface area (Å²) in [6, 6.07) is 6.11. The molecule has 1 amide bonds. The third-order valence-electron chi connectivity index (χ3n) is 5.36. The van der Waals surface area contributed by atoms with Gasteiger partial charge in [-0.25, -0.2) is 9.07 Å². The molecule has 2 aromatic rings. The molecule has 0 spiro atoms. The van der Waals surface area contributed by atoms with E-state index in [0.29, 0.717) is 11.5 Å². The summed E-state index contributed by atoms with van der Waals surface area (Å²) < 4.78 is 14.8. The summed E-state index contributed by atoms with van der Waals surface area (Å²) in [6.07, 6.45) is 2.63. The molecule has 0 saturated carbocycles. The molecule has 24 heavy (non-hydrogen) atoms. The number of amides is 1. The fourth-order valence-electron chi connectivity index (χ4n) is 3.27. The Morgan fingerprint density at radius 2 is 1.96 bits per heavy atom. The standard InChI is InChI=1S/C19H24FN3O/c1-13-9-10-22(12-19(13,3)4)18(24)17-11-21-23(14(17)2)16-7-5-15(20)6-8-16/h5-8,11,13H,9-10,12H2,1-4H3. The van der Waals surface area contributed by atoms with Gasteiger partial charge in [0.15, 0.2) is 0 Å². The van der Waals surface area contributed by atoms with E-state index in [1.54, 1.807) is 23.0 Å². The minimum absolute atomic E-state index is 0.0286. The van der Waals surface area contributed by atoms with Crippen LogP contribution in [0.2, 0.25) is 0 Å². The molecule has 1 unspecified atom stereocenters. The molecule has 0 N–H and O–H groups in total. The summed E-state index contributed by atoms with van der Waals surface area (Å²) in [6.45, 7) is 10.1. The average Bonchev–Trinajstić information content (AvgIpc) is 2.92. The second kappa shape index (κ2) is 6.04. The first-order chi connectivity index (χ1) is 11.3. The summed E-state index contributed by atoms with van der Waals surface area (Å²) in [5.41, 5.74) is 2.27. The number of rotatable bonds is 2. The lowest BCUT2D eigenvalue weighted by molar-refractivity contribution is 0.0427. The second-order valence-corrected chi connectivity index (χ2v) is 7.44. The monoisotopic (exact) mass is 329 g/mol. The van der Waals surface area contributed by atoms with Gasteiger partial charge in [0.25, 0.3) is 5.91 Å². The number of halogens is 1. The molecule has 0 aliphatic carbocycles. The molecule has 0 radical (unpaired) electrons. The highest BCUT2D eigenvalue weighted by molar-refractivity contribution is 5.95. The van der Waals surface area contributed by atoms with Gasteiger partial charge >= 0.3 is 0 Å². The zero-order valence-electron chi connectivity index (χ0n) is 14.7. The molecular weight excluding hydrogens is 305 g/mol. The maximum absolute atomic E-state index is 13.1. The van der Waals surface area contributed by atoms with E-state index in [0.717, 1.165) is 30.9 Å². The van der Waals surface area contributed by atoms with Gasteiger partial charge in [0.2, 0.25) is 0 Å². The number of likely N-dealkylation sites (tertiary alicyclic amines) is 1. The molecule has 1 saturated heterocycles.